The molecule has 0 radical (unpaired) electrons. The molecule has 1 saturated carbocycles. The molecule has 0 unspecified atom stereocenters. The number of carbonyl (C=O) groups is 5. The van der Waals surface area contributed by atoms with Crippen molar-refractivity contribution in [1.29, 1.82) is 0 Å². The van der Waals surface area contributed by atoms with E-state index in [1.54, 1.807) is 13.8 Å². The molecule has 1 N–H and O–H groups in total. The second-order valence-corrected chi connectivity index (χ2v) is 7.53. The summed E-state index contributed by atoms with van der Waals surface area (Å²) in [5, 5.41) is 0. The van der Waals surface area contributed by atoms with Gasteiger partial charge in [0.15, 0.2) is 12.4 Å². The molecular weight excluding hydrogens is 364 g/mol. The first kappa shape index (κ1) is 20.0. The lowest BCUT2D eigenvalue weighted by Gasteiger charge is -2.19. The number of ketones is 2. The van der Waals surface area contributed by atoms with E-state index in [0.717, 1.165) is 17.7 Å². The molecule has 8 heteroatoms. The molecule has 1 saturated heterocycles. The third kappa shape index (κ3) is 3.50. The highest BCUT2D eigenvalue weighted by molar-refractivity contribution is 6.07. The number of aromatic amines is 1. The molecule has 1 aliphatic heterocycles. The number of hydrogen-bond acceptors (Lipinski definition) is 6. The van der Waals surface area contributed by atoms with E-state index in [1.807, 2.05) is 0 Å². The van der Waals surface area contributed by atoms with Crippen LogP contribution in [0.15, 0.2) is 0 Å². The van der Waals surface area contributed by atoms with E-state index < -0.39 is 24.9 Å². The van der Waals surface area contributed by atoms with Crippen LogP contribution in [-0.4, -0.2) is 52.4 Å². The number of Topliss-reactive ketones (excluding diaryl/α,β-unsaturated/α-hetero) is 2. The van der Waals surface area contributed by atoms with Crippen LogP contribution in [0.25, 0.3) is 0 Å². The van der Waals surface area contributed by atoms with Gasteiger partial charge in [0.1, 0.15) is 6.54 Å². The molecule has 2 fully saturated rings. The van der Waals surface area contributed by atoms with Gasteiger partial charge in [0.25, 0.3) is 0 Å². The summed E-state index contributed by atoms with van der Waals surface area (Å²) in [6, 6.07) is 0. The van der Waals surface area contributed by atoms with Gasteiger partial charge in [-0.25, -0.2) is 0 Å². The molecular formula is C20H24N2O6. The second-order valence-electron chi connectivity index (χ2n) is 7.53. The molecule has 150 valence electrons. The van der Waals surface area contributed by atoms with E-state index in [9.17, 15) is 24.0 Å². The zero-order valence-electron chi connectivity index (χ0n) is 16.3. The largest absolute Gasteiger partial charge is 0.456 e. The SMILES string of the molecule is CC(=O)c1c(C)[nH]c(C(=O)COC(=O)CN2C(=O)[C@H]3CCCC[C@H]3C2=O)c1C. The number of hydrogen-bond donors (Lipinski definition) is 1. The van der Waals surface area contributed by atoms with Crippen molar-refractivity contribution in [3.05, 3.63) is 22.5 Å². The normalized spacial score (nSPS) is 21.6. The van der Waals surface area contributed by atoms with Crippen LogP contribution in [0.4, 0.5) is 0 Å². The van der Waals surface area contributed by atoms with Gasteiger partial charge in [0.05, 0.1) is 17.5 Å². The molecule has 3 rings (SSSR count). The minimum atomic E-state index is -0.804. The fourth-order valence-electron chi connectivity index (χ4n) is 4.34. The smallest absolute Gasteiger partial charge is 0.326 e. The van der Waals surface area contributed by atoms with Gasteiger partial charge in [-0.1, -0.05) is 12.8 Å². The Bertz CT molecular complexity index is 844. The van der Waals surface area contributed by atoms with Crippen molar-refractivity contribution in [2.45, 2.75) is 46.5 Å². The topological polar surface area (TPSA) is 114 Å². The average molecular weight is 388 g/mol. The molecule has 28 heavy (non-hydrogen) atoms. The van der Waals surface area contributed by atoms with Gasteiger partial charge in [-0.05, 0) is 39.2 Å². The number of H-pyrrole nitrogens is 1. The fourth-order valence-corrected chi connectivity index (χ4v) is 4.34. The summed E-state index contributed by atoms with van der Waals surface area (Å²) in [5.41, 5.74) is 1.76. The van der Waals surface area contributed by atoms with Crippen molar-refractivity contribution in [1.82, 2.24) is 9.88 Å². The van der Waals surface area contributed by atoms with E-state index in [-0.39, 0.29) is 35.1 Å². The number of rotatable bonds is 6. The Hall–Kier alpha value is -2.77. The van der Waals surface area contributed by atoms with Crippen LogP contribution in [0.3, 0.4) is 0 Å². The molecule has 1 aromatic heterocycles. The number of amides is 2. The maximum Gasteiger partial charge on any atom is 0.326 e. The summed E-state index contributed by atoms with van der Waals surface area (Å²) in [6.45, 7) is 3.76. The Balaban J connectivity index is 1.60. The maximum atomic E-state index is 12.4. The number of likely N-dealkylation sites (tertiary alicyclic amines) is 1. The monoisotopic (exact) mass is 388 g/mol. The molecule has 2 aliphatic rings. The lowest BCUT2D eigenvalue weighted by molar-refractivity contribution is -0.152. The van der Waals surface area contributed by atoms with Gasteiger partial charge >= 0.3 is 5.97 Å². The highest BCUT2D eigenvalue weighted by Gasteiger charge is 2.48. The highest BCUT2D eigenvalue weighted by Crippen LogP contribution is 2.37. The predicted octanol–water partition coefficient (Wildman–Crippen LogP) is 1.74. The standard InChI is InChI=1S/C20H24N2O6/c1-10-17(12(3)23)11(2)21-18(10)15(24)9-28-16(25)8-22-19(26)13-6-4-5-7-14(13)20(22)27/h13-14,21H,4-9H2,1-3H3/t13-,14+. The highest BCUT2D eigenvalue weighted by atomic mass is 16.5. The van der Waals surface area contributed by atoms with Crippen molar-refractivity contribution in [2.75, 3.05) is 13.2 Å². The van der Waals surface area contributed by atoms with Crippen LogP contribution < -0.4 is 0 Å². The molecule has 0 bridgehead atoms. The first-order chi connectivity index (χ1) is 13.2. The quantitative estimate of drug-likeness (QED) is 0.451. The van der Waals surface area contributed by atoms with Gasteiger partial charge in [0.2, 0.25) is 17.6 Å². The van der Waals surface area contributed by atoms with E-state index in [1.165, 1.54) is 6.92 Å². The Labute approximate surface area is 162 Å². The fraction of sp³-hybridized carbons (Fsp3) is 0.550. The van der Waals surface area contributed by atoms with E-state index in [2.05, 4.69) is 4.98 Å². The minimum absolute atomic E-state index is 0.158. The molecule has 0 spiro atoms. The Morgan fingerprint density at radius 1 is 1.07 bits per heavy atom. The molecule has 1 aliphatic carbocycles. The Kier molecular flexibility index (Phi) is 5.49. The van der Waals surface area contributed by atoms with Crippen LogP contribution in [0.1, 0.15) is 64.7 Å². The van der Waals surface area contributed by atoms with Crippen molar-refractivity contribution in [2.24, 2.45) is 11.8 Å². The first-order valence-corrected chi connectivity index (χ1v) is 9.46. The number of fused-ring (bicyclic) bond motifs is 1. The van der Waals surface area contributed by atoms with Gasteiger partial charge in [0, 0.05) is 11.3 Å². The van der Waals surface area contributed by atoms with Gasteiger partial charge < -0.3 is 9.72 Å². The van der Waals surface area contributed by atoms with Crippen LogP contribution >= 0.6 is 0 Å². The summed E-state index contributed by atoms with van der Waals surface area (Å²) >= 11 is 0. The third-order valence-corrected chi connectivity index (χ3v) is 5.65. The maximum absolute atomic E-state index is 12.4. The summed E-state index contributed by atoms with van der Waals surface area (Å²) < 4.78 is 5.00. The van der Waals surface area contributed by atoms with Crippen molar-refractivity contribution in [3.63, 3.8) is 0 Å². The molecule has 0 aromatic carbocycles. The zero-order chi connectivity index (χ0) is 20.6. The van der Waals surface area contributed by atoms with Crippen molar-refractivity contribution >= 4 is 29.4 Å². The summed E-state index contributed by atoms with van der Waals surface area (Å²) in [7, 11) is 0. The number of aryl methyl sites for hydroxylation is 1. The number of aromatic nitrogens is 1. The Morgan fingerprint density at radius 3 is 2.14 bits per heavy atom. The predicted molar refractivity (Wildman–Crippen MR) is 97.7 cm³/mol. The first-order valence-electron chi connectivity index (χ1n) is 9.46. The summed E-state index contributed by atoms with van der Waals surface area (Å²) in [4.78, 5) is 64.7. The van der Waals surface area contributed by atoms with Crippen LogP contribution in [0.5, 0.6) is 0 Å². The van der Waals surface area contributed by atoms with Gasteiger partial charge in [-0.2, -0.15) is 0 Å². The molecule has 2 atom stereocenters. The molecule has 2 amide bonds. The number of esters is 1. The van der Waals surface area contributed by atoms with E-state index in [4.69, 9.17) is 4.74 Å². The molecule has 8 nitrogen and oxygen atoms in total. The van der Waals surface area contributed by atoms with Crippen molar-refractivity contribution < 1.29 is 28.7 Å². The van der Waals surface area contributed by atoms with Gasteiger partial charge in [-0.3, -0.25) is 28.9 Å². The zero-order valence-corrected chi connectivity index (χ0v) is 16.3. The Morgan fingerprint density at radius 2 is 1.64 bits per heavy atom. The van der Waals surface area contributed by atoms with Crippen molar-refractivity contribution in [3.8, 4) is 0 Å². The number of nitrogens with zero attached hydrogens (tertiary/aromatic N) is 1. The lowest BCUT2D eigenvalue weighted by Crippen LogP contribution is -2.37. The van der Waals surface area contributed by atoms with Crippen LogP contribution in [-0.2, 0) is 19.1 Å². The number of ether oxygens (including phenoxy) is 1. The lowest BCUT2D eigenvalue weighted by atomic mass is 9.81. The average Bonchev–Trinajstić information content (AvgIpc) is 3.08. The van der Waals surface area contributed by atoms with E-state index >= 15 is 0 Å². The third-order valence-electron chi connectivity index (χ3n) is 5.65. The van der Waals surface area contributed by atoms with E-state index in [0.29, 0.717) is 29.7 Å². The molecule has 2 heterocycles. The number of imide groups is 1. The number of nitrogens with one attached hydrogen (secondary N) is 1. The van der Waals surface area contributed by atoms with Crippen LogP contribution in [0, 0.1) is 25.7 Å². The minimum Gasteiger partial charge on any atom is -0.456 e. The molecule has 1 aromatic rings. The summed E-state index contributed by atoms with van der Waals surface area (Å²) in [5.74, 6) is -2.74. The van der Waals surface area contributed by atoms with Gasteiger partial charge in [-0.15, -0.1) is 0 Å². The number of carbonyl (C=O) groups excluding carboxylic acids is 5. The second kappa shape index (κ2) is 7.69. The summed E-state index contributed by atoms with van der Waals surface area (Å²) in [6.07, 6.45) is 3.15. The van der Waals surface area contributed by atoms with Crippen LogP contribution in [0.2, 0.25) is 0 Å².